The van der Waals surface area contributed by atoms with Crippen LogP contribution in [0.5, 0.6) is 0 Å². The molecule has 0 saturated heterocycles. The number of pyridine rings is 2. The third kappa shape index (κ3) is 3.77. The Morgan fingerprint density at radius 3 is 2.76 bits per heavy atom. The monoisotopic (exact) mass is 483 g/mol. The number of nitrogens with zero attached hydrogens (tertiary/aromatic N) is 6. The zero-order valence-corrected chi connectivity index (χ0v) is 19.6. The predicted octanol–water partition coefficient (Wildman–Crippen LogP) is 4.12. The van der Waals surface area contributed by atoms with Gasteiger partial charge in [0.15, 0.2) is 11.6 Å². The van der Waals surface area contributed by atoms with Crippen molar-refractivity contribution in [2.75, 3.05) is 22.6 Å². The van der Waals surface area contributed by atoms with E-state index in [1.165, 1.54) is 23.3 Å². The van der Waals surface area contributed by atoms with E-state index in [9.17, 15) is 9.59 Å². The average Bonchev–Trinajstić information content (AvgIpc) is 3.59. The second kappa shape index (κ2) is 8.35. The number of nitrogens with one attached hydrogen (secondary N) is 2. The minimum Gasteiger partial charge on any atom is -0.363 e. The van der Waals surface area contributed by atoms with Crippen LogP contribution in [0.2, 0.25) is 5.02 Å². The number of hydrogen-bond acceptors (Lipinski definition) is 8. The minimum atomic E-state index is -2.46. The second-order valence-corrected chi connectivity index (χ2v) is 8.90. The molecule has 1 amide bonds. The molecule has 11 heteroatoms. The van der Waals surface area contributed by atoms with E-state index >= 15 is 0 Å². The Labute approximate surface area is 205 Å². The number of ketones is 1. The summed E-state index contributed by atoms with van der Waals surface area (Å²) in [6.07, 6.45) is 3.73. The first-order valence-electron chi connectivity index (χ1n) is 12.4. The normalized spacial score (nSPS) is 18.3. The van der Waals surface area contributed by atoms with E-state index < -0.39 is 19.1 Å². The van der Waals surface area contributed by atoms with Crippen molar-refractivity contribution in [3.63, 3.8) is 0 Å². The Morgan fingerprint density at radius 2 is 2.03 bits per heavy atom. The molecule has 3 aromatic rings. The Balaban J connectivity index is 1.59. The van der Waals surface area contributed by atoms with Gasteiger partial charge in [-0.25, -0.2) is 9.97 Å². The number of rotatable bonds is 6. The summed E-state index contributed by atoms with van der Waals surface area (Å²) < 4.78 is 22.6. The number of Topliss-reactive ketones (excluding diaryl/α,β-unsaturated/α-hetero) is 1. The topological polar surface area (TPSA) is 118 Å². The molecule has 0 spiro atoms. The van der Waals surface area contributed by atoms with E-state index in [4.69, 9.17) is 15.7 Å². The molecule has 0 unspecified atom stereocenters. The lowest BCUT2D eigenvalue weighted by atomic mass is 9.98. The van der Waals surface area contributed by atoms with Crippen LogP contribution in [0.3, 0.4) is 0 Å². The molecule has 0 bridgehead atoms. The summed E-state index contributed by atoms with van der Waals surface area (Å²) >= 11 is 6.57. The van der Waals surface area contributed by atoms with E-state index in [-0.39, 0.29) is 34.9 Å². The van der Waals surface area contributed by atoms with Crippen molar-refractivity contribution in [1.29, 1.82) is 0 Å². The van der Waals surface area contributed by atoms with Crippen molar-refractivity contribution in [1.82, 2.24) is 25.0 Å². The molecule has 1 atom stereocenters. The fourth-order valence-electron chi connectivity index (χ4n) is 4.04. The summed E-state index contributed by atoms with van der Waals surface area (Å²) in [6.45, 7) is -0.479. The van der Waals surface area contributed by atoms with Gasteiger partial charge in [-0.2, -0.15) is 15.0 Å². The highest BCUT2D eigenvalue weighted by atomic mass is 35.5. The number of anilines is 4. The van der Waals surface area contributed by atoms with Gasteiger partial charge >= 0.3 is 0 Å². The van der Waals surface area contributed by atoms with Crippen LogP contribution >= 0.6 is 11.6 Å². The van der Waals surface area contributed by atoms with Crippen molar-refractivity contribution in [3.05, 3.63) is 34.7 Å². The molecule has 2 N–H and O–H groups in total. The van der Waals surface area contributed by atoms with Gasteiger partial charge in [0, 0.05) is 49.0 Å². The number of halogens is 1. The molecule has 3 aromatic heterocycles. The van der Waals surface area contributed by atoms with E-state index in [0.717, 1.165) is 18.5 Å². The molecule has 1 aliphatic heterocycles. The van der Waals surface area contributed by atoms with Crippen LogP contribution in [0, 0.1) is 5.92 Å². The Hall–Kier alpha value is -3.53. The van der Waals surface area contributed by atoms with Crippen molar-refractivity contribution in [2.45, 2.75) is 39.1 Å². The molecule has 1 saturated carbocycles. The number of carbonyl (C=O) groups is 2. The lowest BCUT2D eigenvalue weighted by Gasteiger charge is -2.33. The van der Waals surface area contributed by atoms with Gasteiger partial charge in [0.05, 0.1) is 33.6 Å². The number of aryl methyl sites for hydroxylation is 1. The van der Waals surface area contributed by atoms with E-state index in [0.29, 0.717) is 27.8 Å². The summed E-state index contributed by atoms with van der Waals surface area (Å²) in [4.78, 5) is 37.4. The maximum absolute atomic E-state index is 12.9. The van der Waals surface area contributed by atoms with E-state index in [2.05, 4.69) is 30.8 Å². The van der Waals surface area contributed by atoms with Crippen molar-refractivity contribution in [2.24, 2.45) is 13.0 Å². The Kier molecular flexibility index (Phi) is 4.63. The zero-order valence-electron chi connectivity index (χ0n) is 21.9. The smallest absolute Gasteiger partial charge is 0.228 e. The average molecular weight is 484 g/mol. The third-order valence-corrected chi connectivity index (χ3v) is 6.42. The summed E-state index contributed by atoms with van der Waals surface area (Å²) in [5, 5.41) is 15.3. The first-order chi connectivity index (χ1) is 17.4. The third-order valence-electron chi connectivity index (χ3n) is 6.13. The Morgan fingerprint density at radius 1 is 1.24 bits per heavy atom. The highest BCUT2D eigenvalue weighted by molar-refractivity contribution is 6.34. The summed E-state index contributed by atoms with van der Waals surface area (Å²) in [5.74, 6) is -0.192. The van der Waals surface area contributed by atoms with Crippen LogP contribution in [0.1, 0.15) is 59.2 Å². The fourth-order valence-corrected chi connectivity index (χ4v) is 4.27. The van der Waals surface area contributed by atoms with Crippen molar-refractivity contribution < 1.29 is 13.7 Å². The first kappa shape index (κ1) is 18.8. The van der Waals surface area contributed by atoms with Gasteiger partial charge in [-0.3, -0.25) is 9.59 Å². The molecule has 0 radical (unpaired) electrons. The van der Waals surface area contributed by atoms with Gasteiger partial charge in [-0.15, -0.1) is 0 Å². The number of hydrogen-bond donors (Lipinski definition) is 2. The number of aromatic nitrogens is 5. The van der Waals surface area contributed by atoms with Gasteiger partial charge in [-0.05, 0) is 19.8 Å². The largest absolute Gasteiger partial charge is 0.363 e. The molecular formula is C23H25ClN8O2. The highest BCUT2D eigenvalue weighted by Gasteiger charge is 2.35. The van der Waals surface area contributed by atoms with Gasteiger partial charge in [0.1, 0.15) is 17.2 Å². The SMILES string of the molecule is [2H]C([2H])([2H])CC(=O)c1cnc(NC(=O)C2CC2)cc1Nc1ncc(Cl)c2c1N(C)[C@@H](C)c1nn(C)nc1-2. The second-order valence-electron chi connectivity index (χ2n) is 8.49. The van der Waals surface area contributed by atoms with Gasteiger partial charge < -0.3 is 15.5 Å². The minimum absolute atomic E-state index is 0.0451. The number of amides is 1. The van der Waals surface area contributed by atoms with E-state index in [1.807, 2.05) is 18.9 Å². The van der Waals surface area contributed by atoms with Crippen LogP contribution in [-0.4, -0.2) is 43.7 Å². The lowest BCUT2D eigenvalue weighted by Crippen LogP contribution is -2.28. The maximum atomic E-state index is 12.9. The molecule has 4 heterocycles. The van der Waals surface area contributed by atoms with Crippen LogP contribution in [0.25, 0.3) is 11.3 Å². The van der Waals surface area contributed by atoms with Crippen LogP contribution in [0.15, 0.2) is 18.5 Å². The lowest BCUT2D eigenvalue weighted by molar-refractivity contribution is -0.117. The zero-order chi connectivity index (χ0) is 26.6. The summed E-state index contributed by atoms with van der Waals surface area (Å²) in [5.41, 5.74) is 3.00. The standard InChI is InChI=1S/C23H25ClN8O2/c1-5-16(33)13-9-25-17(28-23(34)12-6-7-12)8-15(13)27-22-21-18(14(24)10-26-22)20-19(11(2)31(21)3)29-32(4)30-20/h8-12H,5-7H2,1-4H3,(H2,25,26,27,28,34)/t11-/m0/s1/i1D3. The molecule has 34 heavy (non-hydrogen) atoms. The first-order valence-corrected chi connectivity index (χ1v) is 11.2. The number of fused-ring (bicyclic) bond motifs is 3. The van der Waals surface area contributed by atoms with Gasteiger partial charge in [-0.1, -0.05) is 18.5 Å². The number of carbonyl (C=O) groups excluding carboxylic acids is 2. The molecule has 1 fully saturated rings. The predicted molar refractivity (Wildman–Crippen MR) is 130 cm³/mol. The maximum Gasteiger partial charge on any atom is 0.228 e. The molecule has 1 aliphatic carbocycles. The van der Waals surface area contributed by atoms with Crippen molar-refractivity contribution >= 4 is 46.3 Å². The quantitative estimate of drug-likeness (QED) is 0.502. The van der Waals surface area contributed by atoms with Gasteiger partial charge in [0.2, 0.25) is 5.91 Å². The van der Waals surface area contributed by atoms with Crippen LogP contribution in [0.4, 0.5) is 23.0 Å². The fraction of sp³-hybridized carbons (Fsp3) is 0.391. The van der Waals surface area contributed by atoms with Gasteiger partial charge in [0.25, 0.3) is 0 Å². The molecule has 5 rings (SSSR count). The summed E-state index contributed by atoms with van der Waals surface area (Å²) in [6, 6.07) is 1.36. The molecule has 2 aliphatic rings. The van der Waals surface area contributed by atoms with Crippen LogP contribution in [-0.2, 0) is 11.8 Å². The van der Waals surface area contributed by atoms with Crippen molar-refractivity contribution in [3.8, 4) is 11.3 Å². The Bertz CT molecular complexity index is 1420. The molecular weight excluding hydrogens is 456 g/mol. The molecule has 0 aromatic carbocycles. The molecule has 10 nitrogen and oxygen atoms in total. The van der Waals surface area contributed by atoms with E-state index in [1.54, 1.807) is 7.05 Å². The summed E-state index contributed by atoms with van der Waals surface area (Å²) in [7, 11) is 3.61. The highest BCUT2D eigenvalue weighted by Crippen LogP contribution is 2.49. The van der Waals surface area contributed by atoms with Crippen LogP contribution < -0.4 is 15.5 Å². The molecule has 176 valence electrons.